The lowest BCUT2D eigenvalue weighted by molar-refractivity contribution is 0.483. The summed E-state index contributed by atoms with van der Waals surface area (Å²) in [6, 6.07) is 14.6. The van der Waals surface area contributed by atoms with E-state index in [0.29, 0.717) is 10.7 Å². The second-order valence-corrected chi connectivity index (χ2v) is 7.09. The molecule has 0 saturated heterocycles. The lowest BCUT2D eigenvalue weighted by atomic mass is 10.3. The third-order valence-electron chi connectivity index (χ3n) is 2.74. The zero-order valence-corrected chi connectivity index (χ0v) is 15.9. The molecule has 2 N–H and O–H groups in total. The van der Waals surface area contributed by atoms with E-state index in [1.54, 1.807) is 30.3 Å². The zero-order chi connectivity index (χ0) is 19.2. The van der Waals surface area contributed by atoms with Crippen LogP contribution in [0.4, 0.5) is 11.6 Å². The Labute approximate surface area is 164 Å². The van der Waals surface area contributed by atoms with Crippen LogP contribution in [0.3, 0.4) is 0 Å². The van der Waals surface area contributed by atoms with Crippen molar-refractivity contribution >= 4 is 56.6 Å². The molecule has 11 heteroatoms. The fourth-order valence-corrected chi connectivity index (χ4v) is 2.70. The van der Waals surface area contributed by atoms with Gasteiger partial charge >= 0.3 is 0 Å². The summed E-state index contributed by atoms with van der Waals surface area (Å²) in [7, 11) is -4.00. The molecule has 0 unspecified atom stereocenters. The maximum absolute atomic E-state index is 10.4. The molecule has 7 nitrogen and oxygen atoms in total. The number of anilines is 2. The van der Waals surface area contributed by atoms with Crippen molar-refractivity contribution in [1.29, 1.82) is 0 Å². The Balaban J connectivity index is 0.000000209. The first kappa shape index (κ1) is 20.3. The van der Waals surface area contributed by atoms with E-state index in [1.807, 2.05) is 12.1 Å². The number of hydrogen-bond donors (Lipinski definition) is 2. The molecule has 0 aliphatic rings. The van der Waals surface area contributed by atoms with Crippen LogP contribution in [-0.4, -0.2) is 27.9 Å². The maximum Gasteiger partial charge on any atom is 0.294 e. The molecule has 0 aliphatic carbocycles. The van der Waals surface area contributed by atoms with E-state index in [9.17, 15) is 8.42 Å². The van der Waals surface area contributed by atoms with Crippen LogP contribution in [0.25, 0.3) is 0 Å². The minimum atomic E-state index is -4.00. The molecule has 0 spiro atoms. The molecule has 3 aromatic rings. The Bertz CT molecular complexity index is 968. The molecule has 26 heavy (non-hydrogen) atoms. The third kappa shape index (κ3) is 6.40. The van der Waals surface area contributed by atoms with Crippen molar-refractivity contribution < 1.29 is 13.0 Å². The van der Waals surface area contributed by atoms with Crippen LogP contribution in [0.15, 0.2) is 59.5 Å². The highest BCUT2D eigenvalue weighted by molar-refractivity contribution is 7.85. The summed E-state index contributed by atoms with van der Waals surface area (Å²) in [5.74, 6) is 0.248. The van der Waals surface area contributed by atoms with Crippen LogP contribution in [-0.2, 0) is 10.1 Å². The molecule has 1 aromatic heterocycles. The fourth-order valence-electron chi connectivity index (χ4n) is 1.66. The standard InChI is InChI=1S/C9H5Cl3N4.C6H6O3S/c10-5-3-1-2-4-6(5)13-9-15-7(11)14-8(12)16-9;7-10(8,9)6-4-2-1-3-5-6/h1-4H,(H,13,14,15,16);1-5H,(H,7,8,9). The van der Waals surface area contributed by atoms with Gasteiger partial charge in [-0.15, -0.1) is 0 Å². The summed E-state index contributed by atoms with van der Waals surface area (Å²) in [5, 5.41) is 3.49. The molecular weight excluding hydrogens is 423 g/mol. The van der Waals surface area contributed by atoms with Gasteiger partial charge in [-0.05, 0) is 47.5 Å². The summed E-state index contributed by atoms with van der Waals surface area (Å²) >= 11 is 17.2. The second-order valence-electron chi connectivity index (χ2n) is 4.59. The molecule has 2 aromatic carbocycles. The topological polar surface area (TPSA) is 105 Å². The third-order valence-corrected chi connectivity index (χ3v) is 4.28. The van der Waals surface area contributed by atoms with Gasteiger partial charge < -0.3 is 5.32 Å². The fraction of sp³-hybridized carbons (Fsp3) is 0. The van der Waals surface area contributed by atoms with Crippen LogP contribution in [0.1, 0.15) is 0 Å². The largest absolute Gasteiger partial charge is 0.323 e. The number of halogens is 3. The predicted molar refractivity (Wildman–Crippen MR) is 101 cm³/mol. The van der Waals surface area contributed by atoms with Gasteiger partial charge in [0.15, 0.2) is 0 Å². The Morgan fingerprint density at radius 3 is 1.85 bits per heavy atom. The quantitative estimate of drug-likeness (QED) is 0.585. The number of nitrogens with zero attached hydrogens (tertiary/aromatic N) is 3. The molecule has 3 rings (SSSR count). The van der Waals surface area contributed by atoms with Gasteiger partial charge in [-0.2, -0.15) is 23.4 Å². The average molecular weight is 434 g/mol. The van der Waals surface area contributed by atoms with Crippen molar-refractivity contribution in [2.45, 2.75) is 4.90 Å². The average Bonchev–Trinajstić information content (AvgIpc) is 2.57. The van der Waals surface area contributed by atoms with E-state index in [0.717, 1.165) is 0 Å². The summed E-state index contributed by atoms with van der Waals surface area (Å²) in [5.41, 5.74) is 0.669. The molecule has 0 atom stereocenters. The first-order chi connectivity index (χ1) is 12.3. The van der Waals surface area contributed by atoms with E-state index in [-0.39, 0.29) is 21.4 Å². The summed E-state index contributed by atoms with van der Waals surface area (Å²) in [6.07, 6.45) is 0. The number of nitrogens with one attached hydrogen (secondary N) is 1. The number of benzene rings is 2. The minimum absolute atomic E-state index is 0.0227. The van der Waals surface area contributed by atoms with E-state index in [4.69, 9.17) is 39.4 Å². The smallest absolute Gasteiger partial charge is 0.294 e. The van der Waals surface area contributed by atoms with E-state index in [2.05, 4.69) is 20.3 Å². The maximum atomic E-state index is 10.4. The van der Waals surface area contributed by atoms with Crippen LogP contribution in [0.5, 0.6) is 0 Å². The van der Waals surface area contributed by atoms with Crippen LogP contribution < -0.4 is 5.32 Å². The monoisotopic (exact) mass is 432 g/mol. The van der Waals surface area contributed by atoms with Crippen molar-refractivity contribution in [2.75, 3.05) is 5.32 Å². The van der Waals surface area contributed by atoms with Crippen LogP contribution in [0.2, 0.25) is 15.6 Å². The van der Waals surface area contributed by atoms with Gasteiger partial charge in [-0.3, -0.25) is 4.55 Å². The molecule has 0 fully saturated rings. The second kappa shape index (κ2) is 9.11. The molecule has 0 radical (unpaired) electrons. The Hall–Kier alpha value is -1.97. The molecular formula is C15H11Cl3N4O3S. The lowest BCUT2D eigenvalue weighted by Crippen LogP contribution is -1.99. The normalized spacial score (nSPS) is 10.6. The van der Waals surface area contributed by atoms with Gasteiger partial charge in [0, 0.05) is 0 Å². The van der Waals surface area contributed by atoms with Gasteiger partial charge in [-0.1, -0.05) is 41.9 Å². The number of para-hydroxylation sites is 1. The highest BCUT2D eigenvalue weighted by atomic mass is 35.5. The molecule has 0 aliphatic heterocycles. The summed E-state index contributed by atoms with van der Waals surface area (Å²) in [6.45, 7) is 0. The van der Waals surface area contributed by atoms with Crippen molar-refractivity contribution in [1.82, 2.24) is 15.0 Å². The first-order valence-corrected chi connectivity index (χ1v) is 9.44. The van der Waals surface area contributed by atoms with Crippen molar-refractivity contribution in [3.63, 3.8) is 0 Å². The molecule has 0 bridgehead atoms. The van der Waals surface area contributed by atoms with Crippen molar-refractivity contribution in [2.24, 2.45) is 0 Å². The van der Waals surface area contributed by atoms with Crippen LogP contribution in [0, 0.1) is 0 Å². The van der Waals surface area contributed by atoms with Crippen molar-refractivity contribution in [3.05, 3.63) is 70.2 Å². The predicted octanol–water partition coefficient (Wildman–Crippen LogP) is 4.51. The highest BCUT2D eigenvalue weighted by Gasteiger charge is 2.06. The molecule has 0 saturated carbocycles. The van der Waals surface area contributed by atoms with Gasteiger partial charge in [0.05, 0.1) is 15.6 Å². The van der Waals surface area contributed by atoms with Gasteiger partial charge in [0.1, 0.15) is 0 Å². The first-order valence-electron chi connectivity index (χ1n) is 6.87. The SMILES string of the molecule is Clc1nc(Cl)nc(Nc2ccccc2Cl)n1.O=S(=O)(O)c1ccccc1. The van der Waals surface area contributed by atoms with E-state index < -0.39 is 10.1 Å². The van der Waals surface area contributed by atoms with E-state index >= 15 is 0 Å². The van der Waals surface area contributed by atoms with Crippen LogP contribution >= 0.6 is 34.8 Å². The highest BCUT2D eigenvalue weighted by Crippen LogP contribution is 2.23. The Morgan fingerprint density at radius 1 is 0.808 bits per heavy atom. The van der Waals surface area contributed by atoms with Crippen molar-refractivity contribution in [3.8, 4) is 0 Å². The number of hydrogen-bond acceptors (Lipinski definition) is 6. The molecule has 1 heterocycles. The summed E-state index contributed by atoms with van der Waals surface area (Å²) < 4.78 is 29.2. The Kier molecular flexibility index (Phi) is 7.13. The van der Waals surface area contributed by atoms with E-state index in [1.165, 1.54) is 12.1 Å². The minimum Gasteiger partial charge on any atom is -0.323 e. The van der Waals surface area contributed by atoms with Gasteiger partial charge in [0.2, 0.25) is 16.5 Å². The van der Waals surface area contributed by atoms with Gasteiger partial charge in [0.25, 0.3) is 10.1 Å². The molecule has 0 amide bonds. The summed E-state index contributed by atoms with van der Waals surface area (Å²) in [4.78, 5) is 11.3. The number of aromatic nitrogens is 3. The lowest BCUT2D eigenvalue weighted by Gasteiger charge is -2.06. The van der Waals surface area contributed by atoms with Gasteiger partial charge in [-0.25, -0.2) is 0 Å². The Morgan fingerprint density at radius 2 is 1.35 bits per heavy atom. The number of rotatable bonds is 3. The molecule has 136 valence electrons. The zero-order valence-electron chi connectivity index (χ0n) is 12.8.